The Balaban J connectivity index is 1.91. The summed E-state index contributed by atoms with van der Waals surface area (Å²) in [6.07, 6.45) is 2.06. The number of aromatic nitrogens is 2. The highest BCUT2D eigenvalue weighted by Crippen LogP contribution is 2.52. The number of nitrogens with zero attached hydrogens (tertiary/aromatic N) is 2. The monoisotopic (exact) mass is 273 g/mol. The minimum absolute atomic E-state index is 0.115. The molecule has 0 amide bonds. The predicted molar refractivity (Wildman–Crippen MR) is 74.2 cm³/mol. The summed E-state index contributed by atoms with van der Waals surface area (Å²) in [4.78, 5) is 4.53. The fourth-order valence-electron chi connectivity index (χ4n) is 2.52. The van der Waals surface area contributed by atoms with Gasteiger partial charge in [0.05, 0.1) is 12.0 Å². The number of nitrogens with two attached hydrogens (primary N) is 1. The van der Waals surface area contributed by atoms with Crippen molar-refractivity contribution >= 4 is 0 Å². The van der Waals surface area contributed by atoms with Crippen LogP contribution in [0.2, 0.25) is 0 Å². The standard InChI is InChI=1S/C15H19N3O2/c1-14(16,10-19-2)12-17-13(20-18-12)15(8-9-15)11-6-4-3-5-7-11/h3-7H,8-10,16H2,1-2H3. The van der Waals surface area contributed by atoms with E-state index in [2.05, 4.69) is 22.3 Å². The zero-order valence-corrected chi connectivity index (χ0v) is 11.8. The van der Waals surface area contributed by atoms with Gasteiger partial charge in [0.15, 0.2) is 5.82 Å². The number of hydrogen-bond acceptors (Lipinski definition) is 5. The van der Waals surface area contributed by atoms with Crippen molar-refractivity contribution in [3.63, 3.8) is 0 Å². The van der Waals surface area contributed by atoms with Crippen LogP contribution in [0.3, 0.4) is 0 Å². The van der Waals surface area contributed by atoms with Gasteiger partial charge >= 0.3 is 0 Å². The molecular weight excluding hydrogens is 254 g/mol. The third-order valence-corrected chi connectivity index (χ3v) is 3.87. The summed E-state index contributed by atoms with van der Waals surface area (Å²) in [5, 5.41) is 4.05. The van der Waals surface area contributed by atoms with Crippen molar-refractivity contribution < 1.29 is 9.26 Å². The number of benzene rings is 1. The zero-order chi connectivity index (χ0) is 14.2. The molecule has 1 saturated carbocycles. The fraction of sp³-hybridized carbons (Fsp3) is 0.467. The maximum Gasteiger partial charge on any atom is 0.237 e. The van der Waals surface area contributed by atoms with Crippen molar-refractivity contribution in [1.82, 2.24) is 10.1 Å². The summed E-state index contributed by atoms with van der Waals surface area (Å²) in [6.45, 7) is 2.19. The Labute approximate surface area is 118 Å². The Bertz CT molecular complexity index is 588. The van der Waals surface area contributed by atoms with Crippen molar-refractivity contribution in [1.29, 1.82) is 0 Å². The summed E-state index contributed by atoms with van der Waals surface area (Å²) in [7, 11) is 1.61. The van der Waals surface area contributed by atoms with Crippen LogP contribution in [0.1, 0.15) is 37.0 Å². The maximum absolute atomic E-state index is 6.15. The second kappa shape index (κ2) is 4.68. The van der Waals surface area contributed by atoms with Gasteiger partial charge in [0.25, 0.3) is 0 Å². The Morgan fingerprint density at radius 1 is 1.35 bits per heavy atom. The van der Waals surface area contributed by atoms with Crippen molar-refractivity contribution in [3.05, 3.63) is 47.6 Å². The molecule has 1 aromatic heterocycles. The minimum atomic E-state index is -0.733. The average molecular weight is 273 g/mol. The fourth-order valence-corrected chi connectivity index (χ4v) is 2.52. The van der Waals surface area contributed by atoms with Crippen LogP contribution in [0.5, 0.6) is 0 Å². The predicted octanol–water partition coefficient (Wildman–Crippen LogP) is 1.97. The molecule has 5 nitrogen and oxygen atoms in total. The van der Waals surface area contributed by atoms with Crippen molar-refractivity contribution in [2.24, 2.45) is 5.73 Å². The van der Waals surface area contributed by atoms with E-state index < -0.39 is 5.54 Å². The van der Waals surface area contributed by atoms with Gasteiger partial charge in [0.1, 0.15) is 5.54 Å². The van der Waals surface area contributed by atoms with Crippen molar-refractivity contribution in [3.8, 4) is 0 Å². The van der Waals surface area contributed by atoms with Gasteiger partial charge in [-0.15, -0.1) is 0 Å². The van der Waals surface area contributed by atoms with Gasteiger partial charge in [0, 0.05) is 7.11 Å². The zero-order valence-electron chi connectivity index (χ0n) is 11.8. The average Bonchev–Trinajstić information content (AvgIpc) is 3.09. The Kier molecular flexibility index (Phi) is 3.11. The quantitative estimate of drug-likeness (QED) is 0.901. The van der Waals surface area contributed by atoms with Crippen LogP contribution in [-0.4, -0.2) is 23.9 Å². The van der Waals surface area contributed by atoms with Gasteiger partial charge in [0.2, 0.25) is 5.89 Å². The lowest BCUT2D eigenvalue weighted by molar-refractivity contribution is 0.135. The summed E-state index contributed by atoms with van der Waals surface area (Å²) in [5.74, 6) is 1.16. The highest BCUT2D eigenvalue weighted by atomic mass is 16.5. The van der Waals surface area contributed by atoms with Gasteiger partial charge in [-0.3, -0.25) is 0 Å². The molecule has 1 aliphatic carbocycles. The van der Waals surface area contributed by atoms with Crippen LogP contribution in [0.4, 0.5) is 0 Å². The first-order valence-corrected chi connectivity index (χ1v) is 6.76. The molecule has 2 N–H and O–H groups in total. The number of ether oxygens (including phenoxy) is 1. The van der Waals surface area contributed by atoms with Gasteiger partial charge < -0.3 is 15.0 Å². The van der Waals surface area contributed by atoms with Crippen molar-refractivity contribution in [2.45, 2.75) is 30.7 Å². The summed E-state index contributed by atoms with van der Waals surface area (Å²) < 4.78 is 10.6. The molecular formula is C15H19N3O2. The van der Waals surface area contributed by atoms with E-state index in [9.17, 15) is 0 Å². The third-order valence-electron chi connectivity index (χ3n) is 3.87. The Hall–Kier alpha value is -1.72. The molecule has 1 atom stereocenters. The molecule has 0 bridgehead atoms. The van der Waals surface area contributed by atoms with E-state index in [1.165, 1.54) is 5.56 Å². The summed E-state index contributed by atoms with van der Waals surface area (Å²) in [6, 6.07) is 10.3. The molecule has 0 spiro atoms. The first-order chi connectivity index (χ1) is 9.58. The third kappa shape index (κ3) is 2.13. The largest absolute Gasteiger partial charge is 0.382 e. The highest BCUT2D eigenvalue weighted by molar-refractivity contribution is 5.38. The van der Waals surface area contributed by atoms with Crippen LogP contribution < -0.4 is 5.73 Å². The van der Waals surface area contributed by atoms with E-state index in [-0.39, 0.29) is 5.41 Å². The molecule has 1 aliphatic rings. The topological polar surface area (TPSA) is 74.2 Å². The van der Waals surface area contributed by atoms with Crippen molar-refractivity contribution in [2.75, 3.05) is 13.7 Å². The Morgan fingerprint density at radius 2 is 2.05 bits per heavy atom. The number of hydrogen-bond donors (Lipinski definition) is 1. The first kappa shape index (κ1) is 13.3. The molecule has 0 saturated heterocycles. The van der Waals surface area contributed by atoms with Gasteiger partial charge in [-0.25, -0.2) is 0 Å². The normalized spacial score (nSPS) is 19.6. The molecule has 20 heavy (non-hydrogen) atoms. The second-order valence-electron chi connectivity index (χ2n) is 5.72. The van der Waals surface area contributed by atoms with Gasteiger partial charge in [-0.05, 0) is 25.3 Å². The lowest BCUT2D eigenvalue weighted by Gasteiger charge is -2.18. The molecule has 5 heteroatoms. The van der Waals surface area contributed by atoms with E-state index in [1.807, 2.05) is 25.1 Å². The lowest BCUT2D eigenvalue weighted by Crippen LogP contribution is -2.39. The van der Waals surface area contributed by atoms with E-state index in [0.29, 0.717) is 18.3 Å². The van der Waals surface area contributed by atoms with E-state index in [0.717, 1.165) is 12.8 Å². The summed E-state index contributed by atoms with van der Waals surface area (Å²) in [5.41, 5.74) is 6.53. The molecule has 0 radical (unpaired) electrons. The van der Waals surface area contributed by atoms with E-state index in [4.69, 9.17) is 15.0 Å². The molecule has 1 fully saturated rings. The molecule has 1 heterocycles. The number of rotatable bonds is 5. The number of methoxy groups -OCH3 is 1. The molecule has 0 aliphatic heterocycles. The molecule has 1 aromatic carbocycles. The molecule has 106 valence electrons. The SMILES string of the molecule is COCC(C)(N)c1noc(C2(c3ccccc3)CC2)n1. The van der Waals surface area contributed by atoms with Crippen LogP contribution in [-0.2, 0) is 15.7 Å². The highest BCUT2D eigenvalue weighted by Gasteiger charge is 2.51. The molecule has 2 aromatic rings. The van der Waals surface area contributed by atoms with Crippen LogP contribution in [0.25, 0.3) is 0 Å². The van der Waals surface area contributed by atoms with E-state index in [1.54, 1.807) is 7.11 Å². The second-order valence-corrected chi connectivity index (χ2v) is 5.72. The lowest BCUT2D eigenvalue weighted by atomic mass is 9.96. The van der Waals surface area contributed by atoms with Crippen LogP contribution in [0, 0.1) is 0 Å². The smallest absolute Gasteiger partial charge is 0.237 e. The summed E-state index contributed by atoms with van der Waals surface area (Å²) >= 11 is 0. The maximum atomic E-state index is 6.15. The Morgan fingerprint density at radius 3 is 2.65 bits per heavy atom. The first-order valence-electron chi connectivity index (χ1n) is 6.76. The molecule has 1 unspecified atom stereocenters. The van der Waals surface area contributed by atoms with Gasteiger partial charge in [-0.2, -0.15) is 4.98 Å². The van der Waals surface area contributed by atoms with Gasteiger partial charge in [-0.1, -0.05) is 35.5 Å². The van der Waals surface area contributed by atoms with Crippen LogP contribution in [0.15, 0.2) is 34.9 Å². The molecule has 3 rings (SSSR count). The van der Waals surface area contributed by atoms with E-state index >= 15 is 0 Å². The minimum Gasteiger partial charge on any atom is -0.382 e. The van der Waals surface area contributed by atoms with Crippen LogP contribution >= 0.6 is 0 Å².